The molecule has 2 aromatic heterocycles. The number of hydrogen-bond acceptors (Lipinski definition) is 7. The SMILES string of the molecule is COc1ccc(C(=O)Nc2cccc(-c3nc4ncccc4o3)c2)cc1CN1CCOCC1. The number of aromatic nitrogens is 2. The fraction of sp³-hybridized carbons (Fsp3) is 0.240. The number of ether oxygens (including phenoxy) is 2. The molecule has 1 saturated heterocycles. The number of pyridine rings is 1. The Hall–Kier alpha value is -3.75. The summed E-state index contributed by atoms with van der Waals surface area (Å²) in [6, 6.07) is 16.5. The van der Waals surface area contributed by atoms with Crippen molar-refractivity contribution in [3.8, 4) is 17.2 Å². The third-order valence-electron chi connectivity index (χ3n) is 5.57. The molecule has 3 heterocycles. The minimum absolute atomic E-state index is 0.197. The van der Waals surface area contributed by atoms with Crippen molar-refractivity contribution in [1.29, 1.82) is 0 Å². The number of methoxy groups -OCH3 is 1. The number of rotatable bonds is 6. The molecular weight excluding hydrogens is 420 g/mol. The quantitative estimate of drug-likeness (QED) is 0.481. The number of carbonyl (C=O) groups excluding carboxylic acids is 1. The van der Waals surface area contributed by atoms with E-state index in [9.17, 15) is 4.79 Å². The Bertz CT molecular complexity index is 1250. The zero-order chi connectivity index (χ0) is 22.6. The van der Waals surface area contributed by atoms with Crippen molar-refractivity contribution in [3.63, 3.8) is 0 Å². The van der Waals surface area contributed by atoms with E-state index in [1.54, 1.807) is 25.4 Å². The van der Waals surface area contributed by atoms with E-state index in [1.165, 1.54) is 0 Å². The van der Waals surface area contributed by atoms with Gasteiger partial charge in [-0.2, -0.15) is 4.98 Å². The molecule has 0 aliphatic carbocycles. The Morgan fingerprint density at radius 2 is 2.00 bits per heavy atom. The van der Waals surface area contributed by atoms with Crippen molar-refractivity contribution in [2.75, 3.05) is 38.7 Å². The lowest BCUT2D eigenvalue weighted by molar-refractivity contribution is 0.0338. The first kappa shape index (κ1) is 21.1. The van der Waals surface area contributed by atoms with Crippen LogP contribution >= 0.6 is 0 Å². The van der Waals surface area contributed by atoms with Crippen molar-refractivity contribution in [3.05, 3.63) is 71.9 Å². The molecule has 0 saturated carbocycles. The number of fused-ring (bicyclic) bond motifs is 1. The number of morpholine rings is 1. The number of amides is 1. The average Bonchev–Trinajstić information content (AvgIpc) is 3.29. The fourth-order valence-electron chi connectivity index (χ4n) is 3.87. The molecule has 0 atom stereocenters. The second kappa shape index (κ2) is 9.40. The molecule has 0 spiro atoms. The third kappa shape index (κ3) is 4.72. The molecule has 1 aliphatic heterocycles. The van der Waals surface area contributed by atoms with E-state index in [-0.39, 0.29) is 5.91 Å². The van der Waals surface area contributed by atoms with Crippen LogP contribution in [0.5, 0.6) is 5.75 Å². The molecule has 0 radical (unpaired) electrons. The lowest BCUT2D eigenvalue weighted by Gasteiger charge is -2.27. The van der Waals surface area contributed by atoms with Gasteiger partial charge in [0.15, 0.2) is 11.2 Å². The minimum Gasteiger partial charge on any atom is -0.496 e. The molecule has 0 unspecified atom stereocenters. The van der Waals surface area contributed by atoms with Gasteiger partial charge in [0.2, 0.25) is 5.89 Å². The standard InChI is InChI=1S/C25H24N4O4/c1-31-21-8-7-17(14-19(21)16-29-10-12-32-13-11-29)24(30)27-20-5-2-4-18(15-20)25-28-23-22(33-25)6-3-9-26-23/h2-9,14-15H,10-13,16H2,1H3,(H,27,30). The van der Waals surface area contributed by atoms with E-state index in [1.807, 2.05) is 42.5 Å². The molecule has 1 amide bonds. The number of anilines is 1. The highest BCUT2D eigenvalue weighted by atomic mass is 16.5. The molecule has 33 heavy (non-hydrogen) atoms. The minimum atomic E-state index is -0.197. The van der Waals surface area contributed by atoms with Crippen LogP contribution in [0, 0.1) is 0 Å². The number of oxazole rings is 1. The predicted octanol–water partition coefficient (Wildman–Crippen LogP) is 3.98. The van der Waals surface area contributed by atoms with Crippen LogP contribution in [-0.4, -0.2) is 54.2 Å². The van der Waals surface area contributed by atoms with Gasteiger partial charge in [-0.25, -0.2) is 4.98 Å². The summed E-state index contributed by atoms with van der Waals surface area (Å²) < 4.78 is 16.7. The van der Waals surface area contributed by atoms with Gasteiger partial charge in [-0.15, -0.1) is 0 Å². The normalized spacial score (nSPS) is 14.3. The molecule has 1 fully saturated rings. The molecule has 8 nitrogen and oxygen atoms in total. The van der Waals surface area contributed by atoms with Gasteiger partial charge in [0, 0.05) is 48.2 Å². The molecule has 2 aromatic carbocycles. The molecule has 5 rings (SSSR count). The summed E-state index contributed by atoms with van der Waals surface area (Å²) in [4.78, 5) is 23.9. The topological polar surface area (TPSA) is 89.7 Å². The summed E-state index contributed by atoms with van der Waals surface area (Å²) >= 11 is 0. The lowest BCUT2D eigenvalue weighted by atomic mass is 10.1. The maximum absolute atomic E-state index is 13.0. The summed E-state index contributed by atoms with van der Waals surface area (Å²) in [5, 5.41) is 2.97. The van der Waals surface area contributed by atoms with Crippen molar-refractivity contribution >= 4 is 22.8 Å². The Labute approximate surface area is 191 Å². The van der Waals surface area contributed by atoms with E-state index in [4.69, 9.17) is 13.9 Å². The smallest absolute Gasteiger partial charge is 0.255 e. The van der Waals surface area contributed by atoms with E-state index >= 15 is 0 Å². The predicted molar refractivity (Wildman–Crippen MR) is 124 cm³/mol. The van der Waals surface area contributed by atoms with Gasteiger partial charge < -0.3 is 19.2 Å². The van der Waals surface area contributed by atoms with Crippen LogP contribution in [0.2, 0.25) is 0 Å². The first-order valence-electron chi connectivity index (χ1n) is 10.8. The van der Waals surface area contributed by atoms with Crippen LogP contribution in [-0.2, 0) is 11.3 Å². The number of hydrogen-bond donors (Lipinski definition) is 1. The van der Waals surface area contributed by atoms with Crippen molar-refractivity contribution in [2.45, 2.75) is 6.54 Å². The first-order valence-corrected chi connectivity index (χ1v) is 10.8. The van der Waals surface area contributed by atoms with Gasteiger partial charge >= 0.3 is 0 Å². The lowest BCUT2D eigenvalue weighted by Crippen LogP contribution is -2.35. The largest absolute Gasteiger partial charge is 0.496 e. The Balaban J connectivity index is 1.35. The Morgan fingerprint density at radius 1 is 1.12 bits per heavy atom. The highest BCUT2D eigenvalue weighted by Crippen LogP contribution is 2.26. The van der Waals surface area contributed by atoms with Gasteiger partial charge in [-0.3, -0.25) is 9.69 Å². The fourth-order valence-corrected chi connectivity index (χ4v) is 3.87. The summed E-state index contributed by atoms with van der Waals surface area (Å²) in [5.41, 5.74) is 4.11. The van der Waals surface area contributed by atoms with Crippen molar-refractivity contribution in [2.24, 2.45) is 0 Å². The van der Waals surface area contributed by atoms with Crippen molar-refractivity contribution < 1.29 is 18.7 Å². The molecule has 1 aliphatic rings. The van der Waals surface area contributed by atoms with Gasteiger partial charge in [-0.05, 0) is 48.5 Å². The maximum atomic E-state index is 13.0. The number of nitrogens with one attached hydrogen (secondary N) is 1. The van der Waals surface area contributed by atoms with Gasteiger partial charge in [-0.1, -0.05) is 6.07 Å². The number of carbonyl (C=O) groups is 1. The highest BCUT2D eigenvalue weighted by molar-refractivity contribution is 6.04. The number of nitrogens with zero attached hydrogens (tertiary/aromatic N) is 3. The maximum Gasteiger partial charge on any atom is 0.255 e. The molecular formula is C25H24N4O4. The van der Waals surface area contributed by atoms with E-state index in [0.717, 1.165) is 43.2 Å². The summed E-state index contributed by atoms with van der Waals surface area (Å²) in [7, 11) is 1.64. The second-order valence-corrected chi connectivity index (χ2v) is 7.79. The highest BCUT2D eigenvalue weighted by Gasteiger charge is 2.16. The van der Waals surface area contributed by atoms with E-state index < -0.39 is 0 Å². The summed E-state index contributed by atoms with van der Waals surface area (Å²) in [6.45, 7) is 3.86. The van der Waals surface area contributed by atoms with Crippen LogP contribution in [0.4, 0.5) is 5.69 Å². The van der Waals surface area contributed by atoms with Gasteiger partial charge in [0.25, 0.3) is 5.91 Å². The molecule has 1 N–H and O–H groups in total. The molecule has 4 aromatic rings. The molecule has 8 heteroatoms. The van der Waals surface area contributed by atoms with Crippen molar-refractivity contribution in [1.82, 2.24) is 14.9 Å². The zero-order valence-electron chi connectivity index (χ0n) is 18.3. The monoisotopic (exact) mass is 444 g/mol. The van der Waals surface area contributed by atoms with Crippen LogP contribution in [0.25, 0.3) is 22.7 Å². The Kier molecular flexibility index (Phi) is 6.01. The Morgan fingerprint density at radius 3 is 2.82 bits per heavy atom. The third-order valence-corrected chi connectivity index (χ3v) is 5.57. The summed E-state index contributed by atoms with van der Waals surface area (Å²) in [5.74, 6) is 1.03. The molecule has 0 bridgehead atoms. The van der Waals surface area contributed by atoms with Crippen LogP contribution < -0.4 is 10.1 Å². The molecule has 168 valence electrons. The zero-order valence-corrected chi connectivity index (χ0v) is 18.3. The van der Waals surface area contributed by atoms with Crippen LogP contribution in [0.3, 0.4) is 0 Å². The second-order valence-electron chi connectivity index (χ2n) is 7.79. The number of benzene rings is 2. The summed E-state index contributed by atoms with van der Waals surface area (Å²) in [6.07, 6.45) is 1.67. The van der Waals surface area contributed by atoms with Gasteiger partial charge in [0.05, 0.1) is 20.3 Å². The van der Waals surface area contributed by atoms with E-state index in [0.29, 0.717) is 34.9 Å². The van der Waals surface area contributed by atoms with Crippen LogP contribution in [0.15, 0.2) is 65.2 Å². The van der Waals surface area contributed by atoms with E-state index in [2.05, 4.69) is 20.2 Å². The van der Waals surface area contributed by atoms with Gasteiger partial charge in [0.1, 0.15) is 5.75 Å². The first-order chi connectivity index (χ1) is 16.2. The van der Waals surface area contributed by atoms with Crippen LogP contribution in [0.1, 0.15) is 15.9 Å². The average molecular weight is 444 g/mol.